The molecule has 0 bridgehead atoms. The van der Waals surface area contributed by atoms with Crippen molar-refractivity contribution >= 4 is 11.8 Å². The molecule has 1 unspecified atom stereocenters. The summed E-state index contributed by atoms with van der Waals surface area (Å²) in [6.07, 6.45) is 9.27. The van der Waals surface area contributed by atoms with Gasteiger partial charge in [0.15, 0.2) is 0 Å². The number of rotatable bonds is 5. The van der Waals surface area contributed by atoms with Crippen LogP contribution < -0.4 is 10.1 Å². The lowest BCUT2D eigenvalue weighted by Crippen LogP contribution is -2.56. The van der Waals surface area contributed by atoms with E-state index in [2.05, 4.69) is 5.32 Å². The van der Waals surface area contributed by atoms with E-state index in [4.69, 9.17) is 4.74 Å². The fraction of sp³-hybridized carbons (Fsp3) is 0.636. The zero-order valence-corrected chi connectivity index (χ0v) is 16.6. The third-order valence-electron chi connectivity index (χ3n) is 6.13. The largest absolute Gasteiger partial charge is 0.497 e. The third-order valence-corrected chi connectivity index (χ3v) is 6.13. The Morgan fingerprint density at radius 3 is 2.63 bits per heavy atom. The van der Waals surface area contributed by atoms with Crippen LogP contribution in [0.4, 0.5) is 0 Å². The Bertz CT molecular complexity index is 667. The van der Waals surface area contributed by atoms with Crippen LogP contribution in [0.15, 0.2) is 24.3 Å². The maximum Gasteiger partial charge on any atom is 0.245 e. The molecule has 1 aliphatic carbocycles. The summed E-state index contributed by atoms with van der Waals surface area (Å²) in [4.78, 5) is 27.5. The van der Waals surface area contributed by atoms with Crippen LogP contribution in [0.2, 0.25) is 0 Å². The minimum atomic E-state index is -0.775. The minimum Gasteiger partial charge on any atom is -0.497 e. The van der Waals surface area contributed by atoms with Gasteiger partial charge in [-0.15, -0.1) is 0 Å². The highest BCUT2D eigenvalue weighted by molar-refractivity contribution is 5.94. The van der Waals surface area contributed by atoms with Gasteiger partial charge >= 0.3 is 0 Å². The molecule has 1 atom stereocenters. The number of ether oxygens (including phenoxy) is 1. The third kappa shape index (κ3) is 4.63. The molecule has 1 aromatic carbocycles. The van der Waals surface area contributed by atoms with Gasteiger partial charge in [-0.25, -0.2) is 0 Å². The van der Waals surface area contributed by atoms with E-state index in [0.717, 1.165) is 24.2 Å². The molecule has 1 aromatic rings. The lowest BCUT2D eigenvalue weighted by atomic mass is 9.93. The fourth-order valence-corrected chi connectivity index (χ4v) is 4.29. The van der Waals surface area contributed by atoms with Crippen LogP contribution in [0.1, 0.15) is 70.3 Å². The van der Waals surface area contributed by atoms with E-state index in [1.165, 1.54) is 32.1 Å². The number of nitrogens with zero attached hydrogens (tertiary/aromatic N) is 1. The van der Waals surface area contributed by atoms with Gasteiger partial charge in [0.25, 0.3) is 0 Å². The highest BCUT2D eigenvalue weighted by atomic mass is 16.5. The Balaban J connectivity index is 1.71. The van der Waals surface area contributed by atoms with Crippen LogP contribution in [0.25, 0.3) is 0 Å². The lowest BCUT2D eigenvalue weighted by molar-refractivity contribution is -0.141. The van der Waals surface area contributed by atoms with E-state index in [0.29, 0.717) is 19.4 Å². The molecular weight excluding hydrogens is 340 g/mol. The second-order valence-electron chi connectivity index (χ2n) is 8.12. The topological polar surface area (TPSA) is 58.6 Å². The van der Waals surface area contributed by atoms with Gasteiger partial charge in [0.2, 0.25) is 11.8 Å². The van der Waals surface area contributed by atoms with Crippen LogP contribution in [0, 0.1) is 0 Å². The second-order valence-corrected chi connectivity index (χ2v) is 8.12. The zero-order chi connectivity index (χ0) is 19.3. The lowest BCUT2D eigenvalue weighted by Gasteiger charge is -2.35. The van der Waals surface area contributed by atoms with Gasteiger partial charge in [-0.05, 0) is 43.9 Å². The summed E-state index contributed by atoms with van der Waals surface area (Å²) in [6, 6.07) is 7.94. The molecule has 3 rings (SSSR count). The Morgan fingerprint density at radius 1 is 1.22 bits per heavy atom. The number of likely N-dealkylation sites (tertiary alicyclic amines) is 1. The van der Waals surface area contributed by atoms with Crippen LogP contribution in [0.5, 0.6) is 5.75 Å². The number of hydrogen-bond donors (Lipinski definition) is 1. The monoisotopic (exact) mass is 372 g/mol. The second kappa shape index (κ2) is 8.77. The number of amides is 2. The van der Waals surface area contributed by atoms with Gasteiger partial charge in [-0.1, -0.05) is 44.2 Å². The van der Waals surface area contributed by atoms with Crippen LogP contribution >= 0.6 is 0 Å². The van der Waals surface area contributed by atoms with E-state index in [9.17, 15) is 9.59 Å². The fourth-order valence-electron chi connectivity index (χ4n) is 4.29. The van der Waals surface area contributed by atoms with Crippen molar-refractivity contribution in [2.24, 2.45) is 0 Å². The first-order chi connectivity index (χ1) is 13.0. The Labute approximate surface area is 162 Å². The summed E-state index contributed by atoms with van der Waals surface area (Å²) in [5.74, 6) is 0.815. The van der Waals surface area contributed by atoms with Crippen molar-refractivity contribution in [3.8, 4) is 5.75 Å². The molecule has 1 heterocycles. The quantitative estimate of drug-likeness (QED) is 0.855. The molecule has 1 saturated carbocycles. The van der Waals surface area contributed by atoms with Crippen LogP contribution in [-0.4, -0.2) is 35.4 Å². The van der Waals surface area contributed by atoms with Crippen molar-refractivity contribution in [3.63, 3.8) is 0 Å². The zero-order valence-electron chi connectivity index (χ0n) is 16.6. The molecule has 5 heteroatoms. The number of carbonyl (C=O) groups is 2. The Kier molecular flexibility index (Phi) is 6.40. The molecule has 0 aromatic heterocycles. The van der Waals surface area contributed by atoms with Crippen molar-refractivity contribution in [2.75, 3.05) is 7.11 Å². The number of benzene rings is 1. The number of carbonyl (C=O) groups excluding carboxylic acids is 2. The Hall–Kier alpha value is -2.04. The van der Waals surface area contributed by atoms with Gasteiger partial charge < -0.3 is 15.0 Å². The van der Waals surface area contributed by atoms with E-state index in [1.54, 1.807) is 12.0 Å². The van der Waals surface area contributed by atoms with E-state index in [1.807, 2.05) is 31.2 Å². The first-order valence-electron chi connectivity index (χ1n) is 10.3. The summed E-state index contributed by atoms with van der Waals surface area (Å²) in [5.41, 5.74) is 0.206. The maximum atomic E-state index is 13.2. The molecule has 1 N–H and O–H groups in total. The molecule has 1 saturated heterocycles. The highest BCUT2D eigenvalue weighted by Gasteiger charge is 2.47. The minimum absolute atomic E-state index is 0.00168. The van der Waals surface area contributed by atoms with Gasteiger partial charge in [0.05, 0.1) is 7.11 Å². The molecule has 2 amide bonds. The normalized spacial score (nSPS) is 24.4. The van der Waals surface area contributed by atoms with Crippen molar-refractivity contribution in [2.45, 2.75) is 82.8 Å². The maximum absolute atomic E-state index is 13.2. The van der Waals surface area contributed by atoms with Crippen LogP contribution in [-0.2, 0) is 16.1 Å². The first-order valence-corrected chi connectivity index (χ1v) is 10.3. The van der Waals surface area contributed by atoms with Crippen molar-refractivity contribution in [3.05, 3.63) is 29.8 Å². The average molecular weight is 373 g/mol. The summed E-state index contributed by atoms with van der Waals surface area (Å²) in [6.45, 7) is 2.35. The summed E-state index contributed by atoms with van der Waals surface area (Å²) in [7, 11) is 1.63. The average Bonchev–Trinajstić information content (AvgIpc) is 2.93. The van der Waals surface area contributed by atoms with Gasteiger partial charge in [-0.3, -0.25) is 9.59 Å². The van der Waals surface area contributed by atoms with Crippen molar-refractivity contribution < 1.29 is 14.3 Å². The standard InChI is InChI=1S/C22H32N2O3/c1-22(21(26)23-18-10-6-4-3-5-7-11-18)14-13-20(25)24(22)16-17-9-8-12-19(15-17)27-2/h8-9,12,15,18H,3-7,10-11,13-14,16H2,1-2H3,(H,23,26). The number of hydrogen-bond acceptors (Lipinski definition) is 3. The molecule has 5 nitrogen and oxygen atoms in total. The van der Waals surface area contributed by atoms with Crippen LogP contribution in [0.3, 0.4) is 0 Å². The van der Waals surface area contributed by atoms with E-state index >= 15 is 0 Å². The van der Waals surface area contributed by atoms with Crippen molar-refractivity contribution in [1.29, 1.82) is 0 Å². The summed E-state index contributed by atoms with van der Waals surface area (Å²) < 4.78 is 5.29. The highest BCUT2D eigenvalue weighted by Crippen LogP contribution is 2.33. The molecular formula is C22H32N2O3. The van der Waals surface area contributed by atoms with Crippen molar-refractivity contribution in [1.82, 2.24) is 10.2 Å². The molecule has 0 spiro atoms. The predicted octanol–water partition coefficient (Wildman–Crippen LogP) is 3.81. The molecule has 2 fully saturated rings. The molecule has 148 valence electrons. The molecule has 0 radical (unpaired) electrons. The predicted molar refractivity (Wildman–Crippen MR) is 105 cm³/mol. The summed E-state index contributed by atoms with van der Waals surface area (Å²) in [5, 5.41) is 3.27. The molecule has 27 heavy (non-hydrogen) atoms. The van der Waals surface area contributed by atoms with E-state index < -0.39 is 5.54 Å². The smallest absolute Gasteiger partial charge is 0.245 e. The number of methoxy groups -OCH3 is 1. The first kappa shape index (κ1) is 19.7. The van der Waals surface area contributed by atoms with E-state index in [-0.39, 0.29) is 17.9 Å². The van der Waals surface area contributed by atoms with Gasteiger partial charge in [-0.2, -0.15) is 0 Å². The molecule has 2 aliphatic rings. The number of nitrogens with one attached hydrogen (secondary N) is 1. The summed E-state index contributed by atoms with van der Waals surface area (Å²) >= 11 is 0. The molecule has 1 aliphatic heterocycles. The Morgan fingerprint density at radius 2 is 1.93 bits per heavy atom. The van der Waals surface area contributed by atoms with Gasteiger partial charge in [0, 0.05) is 19.0 Å². The van der Waals surface area contributed by atoms with Gasteiger partial charge in [0.1, 0.15) is 11.3 Å². The SMILES string of the molecule is COc1cccc(CN2C(=O)CCC2(C)C(=O)NC2CCCCCCC2)c1.